The van der Waals surface area contributed by atoms with E-state index in [-0.39, 0.29) is 32.7 Å². The molecule has 0 N–H and O–H groups in total. The van der Waals surface area contributed by atoms with E-state index in [1.807, 2.05) is 0 Å². The van der Waals surface area contributed by atoms with E-state index in [0.717, 1.165) is 11.8 Å². The Morgan fingerprint density at radius 1 is 0.475 bits per heavy atom. The summed E-state index contributed by atoms with van der Waals surface area (Å²) in [5.74, 6) is 1.84. The molecule has 1 radical (unpaired) electrons. The molecule has 1 heteroatoms. The summed E-state index contributed by atoms with van der Waals surface area (Å²) in [5.41, 5.74) is 24.4. The van der Waals surface area contributed by atoms with Gasteiger partial charge in [0.25, 0.3) is 0 Å². The normalized spacial score (nSPS) is 17.2. The summed E-state index contributed by atoms with van der Waals surface area (Å²) in [4.78, 5) is 0. The van der Waals surface area contributed by atoms with Crippen LogP contribution in [-0.2, 0) is 39.1 Å². The van der Waals surface area contributed by atoms with Crippen LogP contribution in [0.25, 0.3) is 22.3 Å². The Kier molecular flexibility index (Phi) is 10.8. The second-order valence-electron chi connectivity index (χ2n) is 13.3. The molecule has 1 aliphatic rings. The molecule has 0 atom stereocenters. The van der Waals surface area contributed by atoms with Crippen LogP contribution in [0.2, 0.25) is 0 Å². The maximum Gasteiger partial charge on any atom is 0 e. The SMILES string of the molecule is Cc1[c-]c(C)c(C)c(-c2c(C)c(C)c(-c3c(C)c(C)c(CCC4CCC(C)CC4)c(C)c3C)c(C)c2C)c1C.[Y]. The third kappa shape index (κ3) is 5.84. The quantitative estimate of drug-likeness (QED) is 0.252. The predicted octanol–water partition coefficient (Wildman–Crippen LogP) is 11.3. The van der Waals surface area contributed by atoms with Crippen LogP contribution in [0.3, 0.4) is 0 Å². The molecule has 0 heterocycles. The van der Waals surface area contributed by atoms with Gasteiger partial charge in [-0.2, -0.15) is 17.2 Å². The molecule has 0 aromatic heterocycles. The fraction of sp³-hybridized carbons (Fsp3) is 0.538. The summed E-state index contributed by atoms with van der Waals surface area (Å²) in [7, 11) is 0. The first-order chi connectivity index (χ1) is 18.3. The Morgan fingerprint density at radius 3 is 1.18 bits per heavy atom. The summed E-state index contributed by atoms with van der Waals surface area (Å²) in [6, 6.07) is 3.59. The van der Waals surface area contributed by atoms with Gasteiger partial charge in [-0.05, 0) is 147 Å². The van der Waals surface area contributed by atoms with E-state index >= 15 is 0 Å². The van der Waals surface area contributed by atoms with E-state index in [0.29, 0.717) is 0 Å². The second-order valence-corrected chi connectivity index (χ2v) is 13.3. The molecule has 1 aliphatic carbocycles. The summed E-state index contributed by atoms with van der Waals surface area (Å²) < 4.78 is 0. The first kappa shape index (κ1) is 33.3. The molecule has 4 rings (SSSR count). The molecule has 213 valence electrons. The van der Waals surface area contributed by atoms with Crippen molar-refractivity contribution in [1.29, 1.82) is 0 Å². The Hall–Kier alpha value is -1.24. The zero-order valence-electron chi connectivity index (χ0n) is 28.0. The van der Waals surface area contributed by atoms with Crippen molar-refractivity contribution >= 4 is 0 Å². The Morgan fingerprint density at radius 2 is 0.800 bits per heavy atom. The molecular formula is C39H53Y-. The first-order valence-electron chi connectivity index (χ1n) is 15.5. The molecule has 3 aromatic rings. The number of aryl methyl sites for hydroxylation is 2. The zero-order chi connectivity index (χ0) is 28.9. The van der Waals surface area contributed by atoms with Crippen molar-refractivity contribution in [3.05, 3.63) is 78.4 Å². The van der Waals surface area contributed by atoms with E-state index in [2.05, 4.69) is 96.1 Å². The van der Waals surface area contributed by atoms with Crippen LogP contribution in [0.1, 0.15) is 111 Å². The summed E-state index contributed by atoms with van der Waals surface area (Å²) in [5, 5.41) is 0. The number of benzene rings is 3. The molecular weight excluding hydrogens is 557 g/mol. The van der Waals surface area contributed by atoms with Crippen molar-refractivity contribution in [1.82, 2.24) is 0 Å². The van der Waals surface area contributed by atoms with E-state index in [9.17, 15) is 0 Å². The van der Waals surface area contributed by atoms with Crippen molar-refractivity contribution < 1.29 is 32.7 Å². The number of rotatable bonds is 5. The smallest absolute Gasteiger partial charge is 0 e. The maximum absolute atomic E-state index is 3.59. The largest absolute Gasteiger partial charge is 0.177 e. The predicted molar refractivity (Wildman–Crippen MR) is 172 cm³/mol. The fourth-order valence-electron chi connectivity index (χ4n) is 7.67. The minimum absolute atomic E-state index is 0. The van der Waals surface area contributed by atoms with Gasteiger partial charge in [-0.1, -0.05) is 60.3 Å². The molecule has 0 bridgehead atoms. The summed E-state index contributed by atoms with van der Waals surface area (Å²) in [6.07, 6.45) is 8.28. The van der Waals surface area contributed by atoms with Crippen LogP contribution in [-0.4, -0.2) is 0 Å². The molecule has 0 amide bonds. The first-order valence-corrected chi connectivity index (χ1v) is 15.5. The number of hydrogen-bond acceptors (Lipinski definition) is 0. The van der Waals surface area contributed by atoms with E-state index < -0.39 is 0 Å². The average molecular weight is 611 g/mol. The van der Waals surface area contributed by atoms with Gasteiger partial charge in [-0.3, -0.25) is 0 Å². The van der Waals surface area contributed by atoms with Crippen molar-refractivity contribution in [2.24, 2.45) is 11.8 Å². The molecule has 0 saturated heterocycles. The Labute approximate surface area is 272 Å². The molecule has 0 unspecified atom stereocenters. The second kappa shape index (κ2) is 13.0. The minimum atomic E-state index is 0. The standard InChI is InChI=1S/C39H53.Y/c1-21-14-16-34(17-15-21)18-19-35-26(6)28(8)37(29(9)27(35)7)39-32(12)30(10)38(31(11)33(39)13)36-24(4)22(2)20-23(3)25(36)5;/h21,34H,14-19H2,1-13H3;/q-1;. The molecule has 3 aromatic carbocycles. The van der Waals surface area contributed by atoms with Crippen molar-refractivity contribution in [2.75, 3.05) is 0 Å². The Balaban J connectivity index is 0.00000441. The van der Waals surface area contributed by atoms with Gasteiger partial charge >= 0.3 is 0 Å². The molecule has 1 saturated carbocycles. The Bertz CT molecular complexity index is 1340. The third-order valence-corrected chi connectivity index (χ3v) is 11.1. The van der Waals surface area contributed by atoms with Gasteiger partial charge in [-0.15, -0.1) is 16.7 Å². The van der Waals surface area contributed by atoms with Gasteiger partial charge < -0.3 is 0 Å². The topological polar surface area (TPSA) is 0 Å². The molecule has 0 nitrogen and oxygen atoms in total. The maximum atomic E-state index is 3.59. The van der Waals surface area contributed by atoms with E-state index in [1.54, 1.807) is 5.56 Å². The van der Waals surface area contributed by atoms with Crippen LogP contribution in [0.15, 0.2) is 0 Å². The van der Waals surface area contributed by atoms with Gasteiger partial charge in [-0.25, -0.2) is 0 Å². The number of hydrogen-bond donors (Lipinski definition) is 0. The van der Waals surface area contributed by atoms with Gasteiger partial charge in [0.1, 0.15) is 0 Å². The van der Waals surface area contributed by atoms with E-state index in [4.69, 9.17) is 0 Å². The van der Waals surface area contributed by atoms with Crippen molar-refractivity contribution in [2.45, 2.75) is 129 Å². The summed E-state index contributed by atoms with van der Waals surface area (Å²) in [6.45, 7) is 30.4. The van der Waals surface area contributed by atoms with Crippen molar-refractivity contribution in [3.8, 4) is 22.3 Å². The molecule has 1 fully saturated rings. The van der Waals surface area contributed by atoms with Gasteiger partial charge in [0, 0.05) is 32.7 Å². The van der Waals surface area contributed by atoms with Crippen LogP contribution in [0, 0.1) is 101 Å². The monoisotopic (exact) mass is 610 g/mol. The van der Waals surface area contributed by atoms with E-state index in [1.165, 1.54) is 128 Å². The molecule has 0 aliphatic heterocycles. The molecule has 0 spiro atoms. The average Bonchev–Trinajstić information content (AvgIpc) is 2.90. The van der Waals surface area contributed by atoms with Crippen LogP contribution in [0.5, 0.6) is 0 Å². The van der Waals surface area contributed by atoms with Crippen LogP contribution < -0.4 is 0 Å². The van der Waals surface area contributed by atoms with Gasteiger partial charge in [0.15, 0.2) is 0 Å². The molecule has 40 heavy (non-hydrogen) atoms. The summed E-state index contributed by atoms with van der Waals surface area (Å²) >= 11 is 0. The fourth-order valence-corrected chi connectivity index (χ4v) is 7.67. The van der Waals surface area contributed by atoms with Gasteiger partial charge in [0.05, 0.1) is 0 Å². The minimum Gasteiger partial charge on any atom is -0.177 e. The third-order valence-electron chi connectivity index (χ3n) is 11.1. The van der Waals surface area contributed by atoms with Crippen LogP contribution in [0.4, 0.5) is 0 Å². The zero-order valence-corrected chi connectivity index (χ0v) is 30.8. The van der Waals surface area contributed by atoms with Gasteiger partial charge in [0.2, 0.25) is 0 Å². The van der Waals surface area contributed by atoms with Crippen molar-refractivity contribution in [3.63, 3.8) is 0 Å². The van der Waals surface area contributed by atoms with Crippen LogP contribution >= 0.6 is 0 Å².